The summed E-state index contributed by atoms with van der Waals surface area (Å²) in [5.41, 5.74) is -0.784. The summed E-state index contributed by atoms with van der Waals surface area (Å²) in [4.78, 5) is 11.8. The van der Waals surface area contributed by atoms with Crippen LogP contribution in [0.4, 0.5) is 0 Å². The van der Waals surface area contributed by atoms with Gasteiger partial charge in [0.15, 0.2) is 0 Å². The molecular formula is C12H24O3. The summed E-state index contributed by atoms with van der Waals surface area (Å²) >= 11 is 0. The number of methoxy groups -OCH3 is 1. The Morgan fingerprint density at radius 2 is 1.80 bits per heavy atom. The molecule has 0 saturated heterocycles. The van der Waals surface area contributed by atoms with Gasteiger partial charge in [-0.15, -0.1) is 0 Å². The van der Waals surface area contributed by atoms with Crippen LogP contribution < -0.4 is 0 Å². The average Bonchev–Trinajstić information content (AvgIpc) is 2.10. The van der Waals surface area contributed by atoms with E-state index in [1.54, 1.807) is 0 Å². The Morgan fingerprint density at radius 1 is 1.33 bits per heavy atom. The van der Waals surface area contributed by atoms with Crippen molar-refractivity contribution in [2.75, 3.05) is 13.7 Å². The van der Waals surface area contributed by atoms with Crippen LogP contribution in [0, 0.1) is 16.7 Å². The normalized spacial score (nSPS) is 16.3. The summed E-state index contributed by atoms with van der Waals surface area (Å²) in [5.74, 6) is -0.246. The summed E-state index contributed by atoms with van der Waals surface area (Å²) in [6, 6.07) is 0. The molecule has 0 radical (unpaired) electrons. The Morgan fingerprint density at radius 3 is 2.00 bits per heavy atom. The molecule has 0 aromatic heterocycles. The summed E-state index contributed by atoms with van der Waals surface area (Å²) in [5, 5.41) is 9.51. The number of ether oxygens (including phenoxy) is 1. The van der Waals surface area contributed by atoms with Crippen molar-refractivity contribution in [2.45, 2.75) is 41.0 Å². The topological polar surface area (TPSA) is 46.5 Å². The molecule has 0 spiro atoms. The number of carbonyl (C=O) groups excluding carboxylic acids is 1. The minimum atomic E-state index is -0.771. The summed E-state index contributed by atoms with van der Waals surface area (Å²) in [6.45, 7) is 9.90. The van der Waals surface area contributed by atoms with E-state index in [-0.39, 0.29) is 23.9 Å². The van der Waals surface area contributed by atoms with Gasteiger partial charge < -0.3 is 9.84 Å². The molecule has 0 bridgehead atoms. The highest BCUT2D eigenvalue weighted by molar-refractivity contribution is 5.77. The molecular weight excluding hydrogens is 192 g/mol. The molecule has 0 aromatic rings. The third-order valence-corrected chi connectivity index (χ3v) is 2.83. The number of carbonyl (C=O) groups is 1. The van der Waals surface area contributed by atoms with Gasteiger partial charge in [0.05, 0.1) is 19.1 Å². The maximum Gasteiger partial charge on any atom is 0.314 e. The van der Waals surface area contributed by atoms with E-state index < -0.39 is 5.41 Å². The molecule has 0 amide bonds. The lowest BCUT2D eigenvalue weighted by atomic mass is 9.68. The molecule has 0 aliphatic rings. The Balaban J connectivity index is 5.08. The second kappa shape index (κ2) is 4.97. The first-order valence-electron chi connectivity index (χ1n) is 5.39. The molecule has 0 aliphatic heterocycles. The summed E-state index contributed by atoms with van der Waals surface area (Å²) < 4.78 is 4.81. The van der Waals surface area contributed by atoms with E-state index in [2.05, 4.69) is 20.8 Å². The van der Waals surface area contributed by atoms with Crippen LogP contribution in [0.1, 0.15) is 41.0 Å². The first-order valence-corrected chi connectivity index (χ1v) is 5.39. The molecule has 15 heavy (non-hydrogen) atoms. The van der Waals surface area contributed by atoms with Crippen molar-refractivity contribution < 1.29 is 14.6 Å². The predicted octanol–water partition coefficient (Wildman–Crippen LogP) is 2.23. The Bertz CT molecular complexity index is 215. The molecule has 1 atom stereocenters. The summed E-state index contributed by atoms with van der Waals surface area (Å²) in [6.07, 6.45) is 0.626. The highest BCUT2D eigenvalue weighted by Crippen LogP contribution is 2.40. The Labute approximate surface area is 92.8 Å². The van der Waals surface area contributed by atoms with Gasteiger partial charge in [0, 0.05) is 0 Å². The van der Waals surface area contributed by atoms with Crippen molar-refractivity contribution in [1.29, 1.82) is 0 Å². The van der Waals surface area contributed by atoms with Crippen LogP contribution in [-0.2, 0) is 9.53 Å². The average molecular weight is 216 g/mol. The second-order valence-electron chi connectivity index (χ2n) is 5.70. The van der Waals surface area contributed by atoms with Gasteiger partial charge in [0.2, 0.25) is 0 Å². The molecule has 0 heterocycles. The molecule has 0 saturated carbocycles. The monoisotopic (exact) mass is 216 g/mol. The fourth-order valence-corrected chi connectivity index (χ4v) is 1.96. The summed E-state index contributed by atoms with van der Waals surface area (Å²) in [7, 11) is 1.37. The lowest BCUT2D eigenvalue weighted by Crippen LogP contribution is -2.43. The minimum Gasteiger partial charge on any atom is -0.469 e. The van der Waals surface area contributed by atoms with Gasteiger partial charge in [0.25, 0.3) is 0 Å². The third-order valence-electron chi connectivity index (χ3n) is 2.83. The molecule has 3 nitrogen and oxygen atoms in total. The predicted molar refractivity (Wildman–Crippen MR) is 60.4 cm³/mol. The van der Waals surface area contributed by atoms with Crippen LogP contribution >= 0.6 is 0 Å². The number of aliphatic hydroxyl groups excluding tert-OH is 1. The lowest BCUT2D eigenvalue weighted by Gasteiger charge is -2.38. The molecule has 0 aromatic carbocycles. The zero-order chi connectivity index (χ0) is 12.3. The van der Waals surface area contributed by atoms with E-state index >= 15 is 0 Å². The number of rotatable bonds is 4. The molecule has 0 rings (SSSR count). The van der Waals surface area contributed by atoms with E-state index in [1.165, 1.54) is 7.11 Å². The number of hydrogen-bond acceptors (Lipinski definition) is 3. The van der Waals surface area contributed by atoms with E-state index in [0.717, 1.165) is 0 Å². The Kier molecular flexibility index (Phi) is 4.78. The van der Waals surface area contributed by atoms with Crippen LogP contribution in [0.2, 0.25) is 0 Å². The van der Waals surface area contributed by atoms with Crippen molar-refractivity contribution in [3.63, 3.8) is 0 Å². The van der Waals surface area contributed by atoms with Crippen LogP contribution in [0.5, 0.6) is 0 Å². The van der Waals surface area contributed by atoms with Crippen molar-refractivity contribution in [3.05, 3.63) is 0 Å². The van der Waals surface area contributed by atoms with Crippen LogP contribution in [0.3, 0.4) is 0 Å². The lowest BCUT2D eigenvalue weighted by molar-refractivity contribution is -0.161. The smallest absolute Gasteiger partial charge is 0.314 e. The zero-order valence-corrected chi connectivity index (χ0v) is 10.8. The fraction of sp³-hybridized carbons (Fsp3) is 0.917. The van der Waals surface area contributed by atoms with E-state index in [9.17, 15) is 9.90 Å². The van der Waals surface area contributed by atoms with Crippen molar-refractivity contribution in [1.82, 2.24) is 0 Å². The number of hydrogen-bond donors (Lipinski definition) is 1. The van der Waals surface area contributed by atoms with Gasteiger partial charge in [-0.1, -0.05) is 34.6 Å². The first kappa shape index (κ1) is 14.4. The van der Waals surface area contributed by atoms with Crippen LogP contribution in [0.25, 0.3) is 0 Å². The van der Waals surface area contributed by atoms with Gasteiger partial charge in [-0.3, -0.25) is 4.79 Å². The minimum absolute atomic E-state index is 0.0127. The van der Waals surface area contributed by atoms with Gasteiger partial charge >= 0.3 is 5.97 Å². The van der Waals surface area contributed by atoms with Gasteiger partial charge in [-0.05, 0) is 17.8 Å². The molecule has 1 N–H and O–H groups in total. The van der Waals surface area contributed by atoms with Crippen molar-refractivity contribution in [2.24, 2.45) is 16.7 Å². The van der Waals surface area contributed by atoms with Crippen LogP contribution in [0.15, 0.2) is 0 Å². The zero-order valence-electron chi connectivity index (χ0n) is 10.8. The van der Waals surface area contributed by atoms with Crippen molar-refractivity contribution >= 4 is 5.97 Å². The maximum atomic E-state index is 11.8. The molecule has 3 heteroatoms. The fourth-order valence-electron chi connectivity index (χ4n) is 1.96. The highest BCUT2D eigenvalue weighted by atomic mass is 16.5. The second-order valence-corrected chi connectivity index (χ2v) is 5.70. The van der Waals surface area contributed by atoms with E-state index in [0.29, 0.717) is 6.42 Å². The maximum absolute atomic E-state index is 11.8. The molecule has 1 unspecified atom stereocenters. The number of aliphatic hydroxyl groups is 1. The quantitative estimate of drug-likeness (QED) is 0.733. The van der Waals surface area contributed by atoms with E-state index in [1.807, 2.05) is 13.8 Å². The molecule has 0 fully saturated rings. The third kappa shape index (κ3) is 3.49. The van der Waals surface area contributed by atoms with Gasteiger partial charge in [-0.2, -0.15) is 0 Å². The molecule has 0 aliphatic carbocycles. The van der Waals surface area contributed by atoms with Crippen LogP contribution in [-0.4, -0.2) is 24.8 Å². The van der Waals surface area contributed by atoms with Gasteiger partial charge in [0.1, 0.15) is 0 Å². The Hall–Kier alpha value is -0.570. The largest absolute Gasteiger partial charge is 0.469 e. The standard InChI is InChI=1S/C12H24O3/c1-9(2)12(8-13,10(14)15-6)7-11(3,4)5/h9,13H,7-8H2,1-6H3. The molecule has 90 valence electrons. The SMILES string of the molecule is COC(=O)C(CO)(CC(C)(C)C)C(C)C. The number of esters is 1. The van der Waals surface area contributed by atoms with Gasteiger partial charge in [-0.25, -0.2) is 0 Å². The first-order chi connectivity index (χ1) is 6.69. The van der Waals surface area contributed by atoms with Crippen molar-refractivity contribution in [3.8, 4) is 0 Å². The van der Waals surface area contributed by atoms with E-state index in [4.69, 9.17) is 4.74 Å². The highest BCUT2D eigenvalue weighted by Gasteiger charge is 2.44.